The standard InChI is InChI=1S/C38H36N3/c1-24(2)32-21-30(28-12-8-7-9-13-28)22-33(25(3)4)37(32)41-35-20-27(23-39)17-19-34(35)40(6)38(41)36-26(5)16-18-29-14-10-11-15-31(29)36/h7-22,24-25H,1-6H3/q+1. The average molecular weight is 535 g/mol. The van der Waals surface area contributed by atoms with Crippen LogP contribution in [-0.2, 0) is 7.05 Å². The lowest BCUT2D eigenvalue weighted by Gasteiger charge is -2.21. The van der Waals surface area contributed by atoms with E-state index in [9.17, 15) is 5.26 Å². The molecule has 0 radical (unpaired) electrons. The van der Waals surface area contributed by atoms with Crippen LogP contribution in [0.25, 0.3) is 50.0 Å². The monoisotopic (exact) mass is 534 g/mol. The highest BCUT2D eigenvalue weighted by Gasteiger charge is 2.33. The number of hydrogen-bond donors (Lipinski definition) is 0. The third-order valence-corrected chi connectivity index (χ3v) is 8.34. The van der Waals surface area contributed by atoms with Crippen molar-refractivity contribution in [1.29, 1.82) is 5.26 Å². The third-order valence-electron chi connectivity index (χ3n) is 8.34. The summed E-state index contributed by atoms with van der Waals surface area (Å²) in [6, 6.07) is 37.0. The van der Waals surface area contributed by atoms with E-state index in [4.69, 9.17) is 0 Å². The lowest BCUT2D eigenvalue weighted by atomic mass is 9.88. The highest BCUT2D eigenvalue weighted by atomic mass is 15.2. The number of nitrogens with zero attached hydrogens (tertiary/aromatic N) is 3. The van der Waals surface area contributed by atoms with Crippen molar-refractivity contribution in [3.63, 3.8) is 0 Å². The summed E-state index contributed by atoms with van der Waals surface area (Å²) < 4.78 is 4.76. The molecule has 0 N–H and O–H groups in total. The first-order valence-electron chi connectivity index (χ1n) is 14.5. The van der Waals surface area contributed by atoms with E-state index in [1.54, 1.807) is 0 Å². The second-order valence-electron chi connectivity index (χ2n) is 11.7. The molecule has 5 aromatic carbocycles. The highest BCUT2D eigenvalue weighted by Crippen LogP contribution is 2.41. The van der Waals surface area contributed by atoms with Crippen LogP contribution in [0.2, 0.25) is 0 Å². The van der Waals surface area contributed by atoms with Crippen LogP contribution in [0.4, 0.5) is 0 Å². The van der Waals surface area contributed by atoms with Crippen LogP contribution in [0.3, 0.4) is 0 Å². The summed E-state index contributed by atoms with van der Waals surface area (Å²) in [6.45, 7) is 11.3. The van der Waals surface area contributed by atoms with Gasteiger partial charge in [0.05, 0.1) is 24.2 Å². The van der Waals surface area contributed by atoms with Crippen molar-refractivity contribution in [2.75, 3.05) is 0 Å². The first kappa shape index (κ1) is 26.5. The molecule has 41 heavy (non-hydrogen) atoms. The molecule has 0 fully saturated rings. The number of aromatic nitrogens is 2. The van der Waals surface area contributed by atoms with Crippen LogP contribution in [0.5, 0.6) is 0 Å². The first-order chi connectivity index (χ1) is 19.8. The number of hydrogen-bond acceptors (Lipinski definition) is 1. The largest absolute Gasteiger partial charge is 0.295 e. The SMILES string of the molecule is Cc1ccc2ccccc2c1-c1n(-c2c(C(C)C)cc(-c3ccccc3)cc2C(C)C)c2cc(C#N)ccc2[n+]1C. The Bertz CT molecular complexity index is 1940. The van der Waals surface area contributed by atoms with Crippen LogP contribution in [0.15, 0.2) is 97.1 Å². The maximum absolute atomic E-state index is 9.92. The number of fused-ring (bicyclic) bond motifs is 2. The Balaban J connectivity index is 1.83. The van der Waals surface area contributed by atoms with E-state index < -0.39 is 0 Å². The fourth-order valence-corrected chi connectivity index (χ4v) is 6.23. The maximum Gasteiger partial charge on any atom is 0.295 e. The van der Waals surface area contributed by atoms with Gasteiger partial charge in [-0.2, -0.15) is 9.83 Å². The minimum atomic E-state index is 0.287. The van der Waals surface area contributed by atoms with E-state index in [0.717, 1.165) is 16.9 Å². The van der Waals surface area contributed by atoms with Gasteiger partial charge in [0.25, 0.3) is 5.82 Å². The van der Waals surface area contributed by atoms with Gasteiger partial charge in [-0.1, -0.05) is 94.4 Å². The van der Waals surface area contributed by atoms with Crippen molar-refractivity contribution in [1.82, 2.24) is 4.57 Å². The van der Waals surface area contributed by atoms with Gasteiger partial charge >= 0.3 is 0 Å². The summed E-state index contributed by atoms with van der Waals surface area (Å²) >= 11 is 0. The summed E-state index contributed by atoms with van der Waals surface area (Å²) in [7, 11) is 2.16. The van der Waals surface area contributed by atoms with Crippen molar-refractivity contribution in [3.05, 3.63) is 119 Å². The zero-order valence-electron chi connectivity index (χ0n) is 24.7. The van der Waals surface area contributed by atoms with E-state index in [0.29, 0.717) is 5.56 Å². The smallest absolute Gasteiger partial charge is 0.225 e. The molecule has 3 heteroatoms. The van der Waals surface area contributed by atoms with Gasteiger partial charge in [0.15, 0.2) is 11.0 Å². The zero-order chi connectivity index (χ0) is 28.8. The fraction of sp³-hybridized carbons (Fsp3) is 0.211. The molecule has 0 unspecified atom stereocenters. The molecular formula is C38H36N3+. The summed E-state index contributed by atoms with van der Waals surface area (Å²) in [4.78, 5) is 0. The van der Waals surface area contributed by atoms with E-state index in [-0.39, 0.29) is 11.8 Å². The third kappa shape index (κ3) is 4.41. The second-order valence-corrected chi connectivity index (χ2v) is 11.7. The van der Waals surface area contributed by atoms with Crippen molar-refractivity contribution in [2.45, 2.75) is 46.5 Å². The predicted octanol–water partition coefficient (Wildman–Crippen LogP) is 9.37. The Hall–Kier alpha value is -4.68. The summed E-state index contributed by atoms with van der Waals surface area (Å²) in [5.74, 6) is 1.70. The van der Waals surface area contributed by atoms with Crippen molar-refractivity contribution in [3.8, 4) is 34.3 Å². The quantitative estimate of drug-likeness (QED) is 0.203. The molecule has 1 aromatic heterocycles. The van der Waals surface area contributed by atoms with E-state index in [2.05, 4.69) is 148 Å². The Morgan fingerprint density at radius 3 is 2.05 bits per heavy atom. The van der Waals surface area contributed by atoms with Gasteiger partial charge < -0.3 is 0 Å². The molecule has 1 heterocycles. The molecule has 0 saturated carbocycles. The Morgan fingerprint density at radius 1 is 0.732 bits per heavy atom. The number of aryl methyl sites for hydroxylation is 2. The van der Waals surface area contributed by atoms with E-state index in [1.807, 2.05) is 6.07 Å². The molecule has 0 aliphatic heterocycles. The second kappa shape index (κ2) is 10.4. The van der Waals surface area contributed by atoms with Crippen LogP contribution in [-0.4, -0.2) is 4.57 Å². The van der Waals surface area contributed by atoms with Gasteiger partial charge in [-0.05, 0) is 70.5 Å². The molecule has 0 atom stereocenters. The first-order valence-corrected chi connectivity index (χ1v) is 14.5. The summed E-state index contributed by atoms with van der Waals surface area (Å²) in [5, 5.41) is 12.4. The van der Waals surface area contributed by atoms with Crippen LogP contribution in [0, 0.1) is 18.3 Å². The lowest BCUT2D eigenvalue weighted by molar-refractivity contribution is -0.633. The van der Waals surface area contributed by atoms with Gasteiger partial charge in [-0.25, -0.2) is 4.57 Å². The highest BCUT2D eigenvalue weighted by molar-refractivity contribution is 5.98. The molecule has 0 saturated heterocycles. The molecule has 0 bridgehead atoms. The molecule has 6 aromatic rings. The number of imidazole rings is 1. The minimum absolute atomic E-state index is 0.287. The molecular weight excluding hydrogens is 498 g/mol. The van der Waals surface area contributed by atoms with Crippen LogP contribution in [0.1, 0.15) is 61.8 Å². The topological polar surface area (TPSA) is 32.6 Å². The van der Waals surface area contributed by atoms with Gasteiger partial charge in [0.2, 0.25) is 0 Å². The van der Waals surface area contributed by atoms with Crippen molar-refractivity contribution >= 4 is 21.8 Å². The number of nitriles is 1. The Morgan fingerprint density at radius 2 is 1.39 bits per heavy atom. The van der Waals surface area contributed by atoms with Gasteiger partial charge in [-0.3, -0.25) is 0 Å². The molecule has 0 amide bonds. The van der Waals surface area contributed by atoms with Gasteiger partial charge in [0, 0.05) is 17.2 Å². The van der Waals surface area contributed by atoms with Crippen LogP contribution < -0.4 is 4.57 Å². The molecule has 0 aliphatic carbocycles. The summed E-state index contributed by atoms with van der Waals surface area (Å²) in [6.07, 6.45) is 0. The van der Waals surface area contributed by atoms with Gasteiger partial charge in [-0.15, -0.1) is 0 Å². The minimum Gasteiger partial charge on any atom is -0.225 e. The Kier molecular flexibility index (Phi) is 6.72. The van der Waals surface area contributed by atoms with Crippen molar-refractivity contribution < 1.29 is 4.57 Å². The Labute approximate surface area is 242 Å². The fourth-order valence-electron chi connectivity index (χ4n) is 6.23. The molecule has 3 nitrogen and oxygen atoms in total. The number of benzene rings is 5. The summed E-state index contributed by atoms with van der Waals surface area (Å²) in [5.41, 5.74) is 11.5. The molecule has 6 rings (SSSR count). The van der Waals surface area contributed by atoms with E-state index >= 15 is 0 Å². The van der Waals surface area contributed by atoms with Crippen LogP contribution >= 0.6 is 0 Å². The predicted molar refractivity (Wildman–Crippen MR) is 170 cm³/mol. The number of rotatable bonds is 5. The maximum atomic E-state index is 9.92. The zero-order valence-corrected chi connectivity index (χ0v) is 24.7. The van der Waals surface area contributed by atoms with Gasteiger partial charge in [0.1, 0.15) is 5.69 Å². The molecule has 0 spiro atoms. The van der Waals surface area contributed by atoms with E-state index in [1.165, 1.54) is 49.8 Å². The lowest BCUT2D eigenvalue weighted by Crippen LogP contribution is -2.30. The molecule has 202 valence electrons. The van der Waals surface area contributed by atoms with Crippen molar-refractivity contribution in [2.24, 2.45) is 7.05 Å². The normalized spacial score (nSPS) is 11.6. The average Bonchev–Trinajstić information content (AvgIpc) is 3.27. The molecule has 0 aliphatic rings.